The first-order chi connectivity index (χ1) is 7.96. The third-order valence-electron chi connectivity index (χ3n) is 2.05. The molecule has 7 heteroatoms. The quantitative estimate of drug-likeness (QED) is 0.785. The minimum Gasteiger partial charge on any atom is -0.497 e. The summed E-state index contributed by atoms with van der Waals surface area (Å²) in [6, 6.07) is 6.87. The summed E-state index contributed by atoms with van der Waals surface area (Å²) < 4.78 is 26.5. The van der Waals surface area contributed by atoms with E-state index in [1.807, 2.05) is 6.07 Å². The number of nitrogens with zero attached hydrogens (tertiary/aromatic N) is 1. The maximum Gasteiger partial charge on any atom is 0.210 e. The number of anilines is 1. The van der Waals surface area contributed by atoms with Crippen molar-refractivity contribution in [2.75, 3.05) is 24.7 Å². The first-order valence-corrected chi connectivity index (χ1v) is 6.50. The second-order valence-corrected chi connectivity index (χ2v) is 5.05. The van der Waals surface area contributed by atoms with Crippen LogP contribution in [-0.4, -0.2) is 27.8 Å². The summed E-state index contributed by atoms with van der Waals surface area (Å²) in [5, 5.41) is 16.6. The number of benzene rings is 1. The average Bonchev–Trinajstić information content (AvgIpc) is 2.27. The smallest absolute Gasteiger partial charge is 0.210 e. The van der Waals surface area contributed by atoms with E-state index in [2.05, 4.69) is 5.32 Å². The van der Waals surface area contributed by atoms with E-state index >= 15 is 0 Å². The number of methoxy groups -OCH3 is 1. The third-order valence-corrected chi connectivity index (χ3v) is 2.82. The molecular weight excluding hydrogens is 242 g/mol. The summed E-state index contributed by atoms with van der Waals surface area (Å²) in [6.45, 7) is 0.140. The van der Waals surface area contributed by atoms with Crippen LogP contribution in [0.4, 0.5) is 5.69 Å². The molecule has 1 aromatic carbocycles. The lowest BCUT2D eigenvalue weighted by Gasteiger charge is -2.09. The molecule has 0 bridgehead atoms. The Morgan fingerprint density at radius 1 is 1.53 bits per heavy atom. The fourth-order valence-corrected chi connectivity index (χ4v) is 1.61. The number of nitrogens with one attached hydrogen (secondary N) is 1. The number of rotatable bonds is 5. The van der Waals surface area contributed by atoms with Crippen LogP contribution in [0.2, 0.25) is 0 Å². The van der Waals surface area contributed by atoms with E-state index in [1.54, 1.807) is 18.2 Å². The SMILES string of the molecule is COc1ccc(C#N)c(NCCS(N)(=O)=O)c1. The van der Waals surface area contributed by atoms with Gasteiger partial charge in [-0.25, -0.2) is 13.6 Å². The van der Waals surface area contributed by atoms with Gasteiger partial charge in [0.05, 0.1) is 24.1 Å². The van der Waals surface area contributed by atoms with Crippen LogP contribution in [0.3, 0.4) is 0 Å². The number of hydrogen-bond donors (Lipinski definition) is 2. The largest absolute Gasteiger partial charge is 0.497 e. The van der Waals surface area contributed by atoms with Crippen molar-refractivity contribution in [3.8, 4) is 11.8 Å². The van der Waals surface area contributed by atoms with Gasteiger partial charge in [-0.1, -0.05) is 0 Å². The van der Waals surface area contributed by atoms with Crippen molar-refractivity contribution in [2.45, 2.75) is 0 Å². The highest BCUT2D eigenvalue weighted by Crippen LogP contribution is 2.21. The molecule has 0 unspecified atom stereocenters. The van der Waals surface area contributed by atoms with Crippen molar-refractivity contribution in [2.24, 2.45) is 5.14 Å². The molecule has 0 fully saturated rings. The molecule has 1 rings (SSSR count). The maximum atomic E-state index is 10.7. The highest BCUT2D eigenvalue weighted by Gasteiger charge is 2.06. The van der Waals surface area contributed by atoms with Crippen LogP contribution in [0.25, 0.3) is 0 Å². The van der Waals surface area contributed by atoms with Crippen molar-refractivity contribution >= 4 is 15.7 Å². The van der Waals surface area contributed by atoms with Gasteiger partial charge in [0.25, 0.3) is 0 Å². The van der Waals surface area contributed by atoms with E-state index < -0.39 is 10.0 Å². The Kier molecular flexibility index (Phi) is 4.31. The number of primary sulfonamides is 1. The van der Waals surface area contributed by atoms with E-state index in [9.17, 15) is 8.42 Å². The van der Waals surface area contributed by atoms with Gasteiger partial charge >= 0.3 is 0 Å². The van der Waals surface area contributed by atoms with Crippen molar-refractivity contribution in [1.29, 1.82) is 5.26 Å². The van der Waals surface area contributed by atoms with Crippen LogP contribution in [-0.2, 0) is 10.0 Å². The van der Waals surface area contributed by atoms with Gasteiger partial charge in [-0.2, -0.15) is 5.26 Å². The molecule has 0 aliphatic rings. The molecule has 3 N–H and O–H groups in total. The van der Waals surface area contributed by atoms with Gasteiger partial charge < -0.3 is 10.1 Å². The van der Waals surface area contributed by atoms with E-state index in [4.69, 9.17) is 15.1 Å². The molecule has 6 nitrogen and oxygen atoms in total. The highest BCUT2D eigenvalue weighted by atomic mass is 32.2. The second kappa shape index (κ2) is 5.52. The molecule has 0 aliphatic heterocycles. The zero-order chi connectivity index (χ0) is 12.9. The van der Waals surface area contributed by atoms with Gasteiger partial charge in [0, 0.05) is 12.6 Å². The van der Waals surface area contributed by atoms with Gasteiger partial charge in [-0.3, -0.25) is 0 Å². The lowest BCUT2D eigenvalue weighted by Crippen LogP contribution is -2.22. The Morgan fingerprint density at radius 3 is 2.76 bits per heavy atom. The normalized spacial score (nSPS) is 10.6. The van der Waals surface area contributed by atoms with Crippen molar-refractivity contribution < 1.29 is 13.2 Å². The number of nitriles is 1. The molecule has 0 aromatic heterocycles. The number of sulfonamides is 1. The summed E-state index contributed by atoms with van der Waals surface area (Å²) in [7, 11) is -2.00. The van der Waals surface area contributed by atoms with Crippen LogP contribution in [0, 0.1) is 11.3 Å². The third kappa shape index (κ3) is 4.30. The summed E-state index contributed by atoms with van der Waals surface area (Å²) in [6.07, 6.45) is 0. The Labute approximate surface area is 100 Å². The van der Waals surface area contributed by atoms with Gasteiger partial charge in [0.1, 0.15) is 11.8 Å². The van der Waals surface area contributed by atoms with Gasteiger partial charge in [0.15, 0.2) is 0 Å². The Balaban J connectivity index is 2.79. The van der Waals surface area contributed by atoms with Crippen LogP contribution >= 0.6 is 0 Å². The van der Waals surface area contributed by atoms with Crippen LogP contribution in [0.15, 0.2) is 18.2 Å². The molecular formula is C10H13N3O3S. The summed E-state index contributed by atoms with van der Waals surface area (Å²) in [4.78, 5) is 0. The monoisotopic (exact) mass is 255 g/mol. The first-order valence-electron chi connectivity index (χ1n) is 4.79. The summed E-state index contributed by atoms with van der Waals surface area (Å²) >= 11 is 0. The molecule has 17 heavy (non-hydrogen) atoms. The van der Waals surface area contributed by atoms with Crippen molar-refractivity contribution in [3.05, 3.63) is 23.8 Å². The van der Waals surface area contributed by atoms with E-state index in [-0.39, 0.29) is 12.3 Å². The molecule has 0 saturated heterocycles. The molecule has 0 saturated carbocycles. The molecule has 0 aliphatic carbocycles. The zero-order valence-electron chi connectivity index (χ0n) is 9.30. The number of hydrogen-bond acceptors (Lipinski definition) is 5. The Bertz CT molecular complexity index is 534. The highest BCUT2D eigenvalue weighted by molar-refractivity contribution is 7.89. The lowest BCUT2D eigenvalue weighted by atomic mass is 10.2. The van der Waals surface area contributed by atoms with Crippen molar-refractivity contribution in [3.63, 3.8) is 0 Å². The lowest BCUT2D eigenvalue weighted by molar-refractivity contribution is 0.415. The fourth-order valence-electron chi connectivity index (χ4n) is 1.22. The predicted octanol–water partition coefficient (Wildman–Crippen LogP) is 0.267. The fraction of sp³-hybridized carbons (Fsp3) is 0.300. The standard InChI is InChI=1S/C10H13N3O3S/c1-16-9-3-2-8(7-11)10(6-9)13-4-5-17(12,14)15/h2-3,6,13H,4-5H2,1H3,(H2,12,14,15). The maximum absolute atomic E-state index is 10.7. The summed E-state index contributed by atoms with van der Waals surface area (Å²) in [5.41, 5.74) is 0.940. The van der Waals surface area contributed by atoms with Gasteiger partial charge in [-0.05, 0) is 12.1 Å². The van der Waals surface area contributed by atoms with E-state index in [0.29, 0.717) is 17.0 Å². The van der Waals surface area contributed by atoms with Gasteiger partial charge in [-0.15, -0.1) is 0 Å². The van der Waals surface area contributed by atoms with E-state index in [0.717, 1.165) is 0 Å². The number of nitrogens with two attached hydrogens (primary N) is 1. The minimum atomic E-state index is -3.51. The van der Waals surface area contributed by atoms with Gasteiger partial charge in [0.2, 0.25) is 10.0 Å². The second-order valence-electron chi connectivity index (χ2n) is 3.32. The van der Waals surface area contributed by atoms with Crippen molar-refractivity contribution in [1.82, 2.24) is 0 Å². The molecule has 0 heterocycles. The first kappa shape index (κ1) is 13.3. The predicted molar refractivity (Wildman–Crippen MR) is 64.2 cm³/mol. The molecule has 1 aromatic rings. The topological polar surface area (TPSA) is 105 Å². The molecule has 92 valence electrons. The minimum absolute atomic E-state index is 0.140. The van der Waals surface area contributed by atoms with Crippen LogP contribution < -0.4 is 15.2 Å². The van der Waals surface area contributed by atoms with Crippen LogP contribution in [0.1, 0.15) is 5.56 Å². The summed E-state index contributed by atoms with van der Waals surface area (Å²) in [5.74, 6) is 0.386. The Morgan fingerprint density at radius 2 is 2.24 bits per heavy atom. The zero-order valence-corrected chi connectivity index (χ0v) is 10.1. The van der Waals surface area contributed by atoms with E-state index in [1.165, 1.54) is 7.11 Å². The molecule has 0 radical (unpaired) electrons. The number of ether oxygens (including phenoxy) is 1. The molecule has 0 spiro atoms. The average molecular weight is 255 g/mol. The Hall–Kier alpha value is -1.78. The molecule has 0 atom stereocenters. The van der Waals surface area contributed by atoms with Crippen LogP contribution in [0.5, 0.6) is 5.75 Å². The molecule has 0 amide bonds.